The molecule has 1 unspecified atom stereocenters. The van der Waals surface area contributed by atoms with Gasteiger partial charge in [-0.2, -0.15) is 0 Å². The number of aliphatic hydroxyl groups is 1. The van der Waals surface area contributed by atoms with Crippen molar-refractivity contribution in [2.45, 2.75) is 25.5 Å². The van der Waals surface area contributed by atoms with Crippen LogP contribution in [0.2, 0.25) is 0 Å². The number of anilines is 1. The molecule has 2 rings (SSSR count). The summed E-state index contributed by atoms with van der Waals surface area (Å²) >= 11 is 0. The summed E-state index contributed by atoms with van der Waals surface area (Å²) in [5, 5.41) is 15.2. The topological polar surface area (TPSA) is 86.7 Å². The minimum absolute atomic E-state index is 0.219. The third-order valence-electron chi connectivity index (χ3n) is 3.58. The second kappa shape index (κ2) is 8.55. The third-order valence-corrected chi connectivity index (χ3v) is 3.58. The monoisotopic (exact) mass is 308 g/mol. The fourth-order valence-corrected chi connectivity index (χ4v) is 2.42. The maximum atomic E-state index is 11.6. The smallest absolute Gasteiger partial charge is 0.315 e. The van der Waals surface area contributed by atoms with Gasteiger partial charge in [-0.25, -0.2) is 9.78 Å². The molecule has 0 aromatic carbocycles. The van der Waals surface area contributed by atoms with Crippen LogP contribution in [0.3, 0.4) is 0 Å². The van der Waals surface area contributed by atoms with Crippen LogP contribution in [-0.4, -0.2) is 55.6 Å². The molecule has 0 spiro atoms. The third kappa shape index (κ3) is 5.16. The van der Waals surface area contributed by atoms with Crippen LogP contribution in [0, 0.1) is 0 Å². The van der Waals surface area contributed by atoms with Gasteiger partial charge < -0.3 is 25.4 Å². The molecule has 0 saturated carbocycles. The average molecular weight is 308 g/mol. The van der Waals surface area contributed by atoms with Gasteiger partial charge in [-0.15, -0.1) is 0 Å². The molecule has 1 aromatic rings. The number of carbonyl (C=O) groups excluding carboxylic acids is 1. The number of nitrogens with zero attached hydrogens (tertiary/aromatic N) is 2. The molecule has 22 heavy (non-hydrogen) atoms. The van der Waals surface area contributed by atoms with Crippen molar-refractivity contribution in [2.75, 3.05) is 38.3 Å². The Bertz CT molecular complexity index is 484. The Balaban J connectivity index is 1.84. The molecule has 0 bridgehead atoms. The van der Waals surface area contributed by atoms with Crippen molar-refractivity contribution >= 4 is 11.8 Å². The van der Waals surface area contributed by atoms with Gasteiger partial charge >= 0.3 is 6.03 Å². The summed E-state index contributed by atoms with van der Waals surface area (Å²) in [5.74, 6) is 0.845. The lowest BCUT2D eigenvalue weighted by Gasteiger charge is -2.31. The molecule has 3 N–H and O–H groups in total. The van der Waals surface area contributed by atoms with Gasteiger partial charge in [-0.1, -0.05) is 0 Å². The molecular formula is C15H24N4O3. The van der Waals surface area contributed by atoms with Gasteiger partial charge in [0, 0.05) is 39.5 Å². The zero-order chi connectivity index (χ0) is 15.8. The fraction of sp³-hybridized carbons (Fsp3) is 0.600. The summed E-state index contributed by atoms with van der Waals surface area (Å²) in [4.78, 5) is 18.0. The van der Waals surface area contributed by atoms with Crippen LogP contribution in [0.4, 0.5) is 10.6 Å². The lowest BCUT2D eigenvalue weighted by molar-refractivity contribution is 0.154. The highest BCUT2D eigenvalue weighted by Gasteiger charge is 2.18. The van der Waals surface area contributed by atoms with E-state index >= 15 is 0 Å². The van der Waals surface area contributed by atoms with Gasteiger partial charge in [-0.05, 0) is 30.5 Å². The first-order valence-electron chi connectivity index (χ1n) is 7.57. The molecule has 1 aliphatic heterocycles. The molecule has 0 radical (unpaired) electrons. The van der Waals surface area contributed by atoms with Crippen LogP contribution in [0.15, 0.2) is 18.3 Å². The average Bonchev–Trinajstić information content (AvgIpc) is 2.53. The standard InChI is InChI=1S/C15H24N4O3/c1-22-8-6-17-15(21)18-10-12-4-5-16-14(9-12)19-7-2-3-13(20)11-19/h4-5,9,13,20H,2-3,6-8,10-11H2,1H3,(H2,17,18,21). The number of hydrogen-bond acceptors (Lipinski definition) is 5. The number of β-amino-alcohol motifs (C(OH)–C–C–N with tert-alkyl or cyclic N) is 1. The fourth-order valence-electron chi connectivity index (χ4n) is 2.42. The maximum absolute atomic E-state index is 11.6. The van der Waals surface area contributed by atoms with Crippen LogP contribution < -0.4 is 15.5 Å². The van der Waals surface area contributed by atoms with Crippen molar-refractivity contribution in [3.8, 4) is 0 Å². The summed E-state index contributed by atoms with van der Waals surface area (Å²) < 4.78 is 4.87. The highest BCUT2D eigenvalue weighted by Crippen LogP contribution is 2.18. The first kappa shape index (κ1) is 16.5. The van der Waals surface area contributed by atoms with Crippen molar-refractivity contribution in [3.63, 3.8) is 0 Å². The number of carbonyl (C=O) groups is 1. The van der Waals surface area contributed by atoms with E-state index in [1.807, 2.05) is 12.1 Å². The van der Waals surface area contributed by atoms with Crippen molar-refractivity contribution in [2.24, 2.45) is 0 Å². The van der Waals surface area contributed by atoms with Crippen LogP contribution in [-0.2, 0) is 11.3 Å². The normalized spacial score (nSPS) is 18.1. The molecule has 1 saturated heterocycles. The molecule has 1 aliphatic rings. The van der Waals surface area contributed by atoms with E-state index < -0.39 is 0 Å². The summed E-state index contributed by atoms with van der Waals surface area (Å²) in [6.07, 6.45) is 3.26. The minimum Gasteiger partial charge on any atom is -0.391 e. The number of aliphatic hydroxyl groups excluding tert-OH is 1. The molecule has 1 atom stereocenters. The minimum atomic E-state index is -0.288. The Kier molecular flexibility index (Phi) is 6.42. The summed E-state index contributed by atoms with van der Waals surface area (Å²) in [6.45, 7) is 2.92. The highest BCUT2D eigenvalue weighted by molar-refractivity contribution is 5.73. The lowest BCUT2D eigenvalue weighted by Crippen LogP contribution is -2.39. The van der Waals surface area contributed by atoms with E-state index in [1.165, 1.54) is 0 Å². The first-order valence-corrected chi connectivity index (χ1v) is 7.57. The van der Waals surface area contributed by atoms with Gasteiger partial charge in [0.2, 0.25) is 0 Å². The van der Waals surface area contributed by atoms with E-state index in [9.17, 15) is 9.90 Å². The maximum Gasteiger partial charge on any atom is 0.315 e. The van der Waals surface area contributed by atoms with E-state index in [1.54, 1.807) is 13.3 Å². The van der Waals surface area contributed by atoms with Crippen molar-refractivity contribution < 1.29 is 14.6 Å². The Morgan fingerprint density at radius 2 is 2.41 bits per heavy atom. The summed E-state index contributed by atoms with van der Waals surface area (Å²) in [7, 11) is 1.59. The predicted molar refractivity (Wildman–Crippen MR) is 83.8 cm³/mol. The van der Waals surface area contributed by atoms with E-state index in [4.69, 9.17) is 4.74 Å². The van der Waals surface area contributed by atoms with Crippen LogP contribution >= 0.6 is 0 Å². The SMILES string of the molecule is COCCNC(=O)NCc1ccnc(N2CCCC(O)C2)c1. The van der Waals surface area contributed by atoms with Gasteiger partial charge in [0.1, 0.15) is 5.82 Å². The van der Waals surface area contributed by atoms with E-state index in [0.717, 1.165) is 30.8 Å². The number of methoxy groups -OCH3 is 1. The van der Waals surface area contributed by atoms with Gasteiger partial charge in [0.05, 0.1) is 12.7 Å². The Morgan fingerprint density at radius 1 is 1.55 bits per heavy atom. The number of aromatic nitrogens is 1. The number of ether oxygens (including phenoxy) is 1. The van der Waals surface area contributed by atoms with E-state index in [0.29, 0.717) is 26.2 Å². The van der Waals surface area contributed by atoms with Crippen LogP contribution in [0.5, 0.6) is 0 Å². The van der Waals surface area contributed by atoms with Crippen LogP contribution in [0.25, 0.3) is 0 Å². The number of nitrogens with one attached hydrogen (secondary N) is 2. The molecule has 1 fully saturated rings. The summed E-state index contributed by atoms with van der Waals surface area (Å²) in [6, 6.07) is 3.61. The summed E-state index contributed by atoms with van der Waals surface area (Å²) in [5.41, 5.74) is 0.979. The van der Waals surface area contributed by atoms with Crippen molar-refractivity contribution in [3.05, 3.63) is 23.9 Å². The number of pyridine rings is 1. The van der Waals surface area contributed by atoms with E-state index in [-0.39, 0.29) is 12.1 Å². The molecule has 122 valence electrons. The Hall–Kier alpha value is -1.86. The number of hydrogen-bond donors (Lipinski definition) is 3. The molecule has 2 heterocycles. The largest absolute Gasteiger partial charge is 0.391 e. The van der Waals surface area contributed by atoms with Crippen molar-refractivity contribution in [1.29, 1.82) is 0 Å². The van der Waals surface area contributed by atoms with Crippen LogP contribution in [0.1, 0.15) is 18.4 Å². The molecule has 0 aliphatic carbocycles. The second-order valence-corrected chi connectivity index (χ2v) is 5.37. The molecular weight excluding hydrogens is 284 g/mol. The van der Waals surface area contributed by atoms with Gasteiger partial charge in [0.25, 0.3) is 0 Å². The Morgan fingerprint density at radius 3 is 3.18 bits per heavy atom. The quantitative estimate of drug-likeness (QED) is 0.666. The van der Waals surface area contributed by atoms with Gasteiger partial charge in [0.15, 0.2) is 0 Å². The van der Waals surface area contributed by atoms with E-state index in [2.05, 4.69) is 20.5 Å². The second-order valence-electron chi connectivity index (χ2n) is 5.37. The number of urea groups is 1. The van der Waals surface area contributed by atoms with Crippen molar-refractivity contribution in [1.82, 2.24) is 15.6 Å². The number of amides is 2. The molecule has 7 nitrogen and oxygen atoms in total. The Labute approximate surface area is 130 Å². The molecule has 1 aromatic heterocycles. The predicted octanol–water partition coefficient (Wildman–Crippen LogP) is 0.488. The first-order chi connectivity index (χ1) is 10.7. The lowest BCUT2D eigenvalue weighted by atomic mass is 10.1. The number of rotatable bonds is 6. The zero-order valence-corrected chi connectivity index (χ0v) is 12.9. The zero-order valence-electron chi connectivity index (χ0n) is 12.9. The molecule has 2 amide bonds. The number of piperidine rings is 1. The highest BCUT2D eigenvalue weighted by atomic mass is 16.5. The molecule has 7 heteroatoms. The van der Waals surface area contributed by atoms with Gasteiger partial charge in [-0.3, -0.25) is 0 Å².